The van der Waals surface area contributed by atoms with Crippen LogP contribution < -0.4 is 5.32 Å². The molecule has 1 aliphatic rings. The zero-order valence-electron chi connectivity index (χ0n) is 11.3. The molecule has 0 heterocycles. The van der Waals surface area contributed by atoms with E-state index in [1.165, 1.54) is 38.5 Å². The van der Waals surface area contributed by atoms with Gasteiger partial charge in [0.05, 0.1) is 6.61 Å². The van der Waals surface area contributed by atoms with Crippen LogP contribution in [-0.4, -0.2) is 25.3 Å². The third-order valence-electron chi connectivity index (χ3n) is 3.73. The van der Waals surface area contributed by atoms with E-state index in [1.807, 2.05) is 0 Å². The number of ether oxygens (including phenoxy) is 1. The van der Waals surface area contributed by atoms with Crippen LogP contribution in [0.15, 0.2) is 0 Å². The van der Waals surface area contributed by atoms with E-state index < -0.39 is 0 Å². The molecule has 0 aromatic rings. The van der Waals surface area contributed by atoms with Crippen LogP contribution in [-0.2, 0) is 4.74 Å². The maximum absolute atomic E-state index is 5.45. The van der Waals surface area contributed by atoms with Gasteiger partial charge in [0, 0.05) is 18.7 Å². The van der Waals surface area contributed by atoms with Crippen LogP contribution in [0.4, 0.5) is 0 Å². The molecular formula is C14H29NO. The maximum atomic E-state index is 5.45. The molecule has 0 aromatic carbocycles. The van der Waals surface area contributed by atoms with E-state index in [4.69, 9.17) is 4.74 Å². The Kier molecular flexibility index (Phi) is 7.06. The van der Waals surface area contributed by atoms with Crippen molar-refractivity contribution >= 4 is 0 Å². The molecule has 1 N–H and O–H groups in total. The number of hydrogen-bond acceptors (Lipinski definition) is 2. The average Bonchev–Trinajstić information content (AvgIpc) is 2.54. The lowest BCUT2D eigenvalue weighted by Gasteiger charge is -2.27. The molecule has 16 heavy (non-hydrogen) atoms. The van der Waals surface area contributed by atoms with Gasteiger partial charge in [-0.2, -0.15) is 0 Å². The van der Waals surface area contributed by atoms with Crippen molar-refractivity contribution in [3.05, 3.63) is 0 Å². The zero-order valence-corrected chi connectivity index (χ0v) is 11.3. The number of rotatable bonds is 6. The summed E-state index contributed by atoms with van der Waals surface area (Å²) in [5, 5.41) is 3.69. The molecule has 2 atom stereocenters. The van der Waals surface area contributed by atoms with Crippen molar-refractivity contribution in [2.75, 3.05) is 13.2 Å². The molecule has 0 saturated heterocycles. The molecule has 1 rings (SSSR count). The van der Waals surface area contributed by atoms with Crippen LogP contribution >= 0.6 is 0 Å². The van der Waals surface area contributed by atoms with Crippen molar-refractivity contribution in [1.29, 1.82) is 0 Å². The van der Waals surface area contributed by atoms with Gasteiger partial charge in [-0.25, -0.2) is 0 Å². The third kappa shape index (κ3) is 5.31. The molecule has 0 bridgehead atoms. The lowest BCUT2D eigenvalue weighted by molar-refractivity contribution is 0.120. The number of nitrogens with one attached hydrogen (secondary N) is 1. The van der Waals surface area contributed by atoms with Crippen LogP contribution in [0.5, 0.6) is 0 Å². The summed E-state index contributed by atoms with van der Waals surface area (Å²) < 4.78 is 5.45. The van der Waals surface area contributed by atoms with Crippen molar-refractivity contribution in [2.45, 2.75) is 71.4 Å². The zero-order chi connectivity index (χ0) is 11.8. The number of hydrogen-bond donors (Lipinski definition) is 1. The van der Waals surface area contributed by atoms with Gasteiger partial charge in [-0.15, -0.1) is 0 Å². The van der Waals surface area contributed by atoms with Crippen LogP contribution in [0.2, 0.25) is 0 Å². The van der Waals surface area contributed by atoms with Crippen LogP contribution in [0.3, 0.4) is 0 Å². The van der Waals surface area contributed by atoms with Gasteiger partial charge in [-0.3, -0.25) is 0 Å². The minimum Gasteiger partial charge on any atom is -0.380 e. The normalized spacial score (nSPS) is 22.7. The summed E-state index contributed by atoms with van der Waals surface area (Å²) in [6, 6.07) is 1.13. The molecule has 2 heteroatoms. The van der Waals surface area contributed by atoms with E-state index in [2.05, 4.69) is 26.1 Å². The lowest BCUT2D eigenvalue weighted by atomic mass is 9.92. The van der Waals surface area contributed by atoms with E-state index in [1.54, 1.807) is 0 Å². The second-order valence-corrected chi connectivity index (χ2v) is 5.27. The van der Waals surface area contributed by atoms with Gasteiger partial charge in [0.15, 0.2) is 0 Å². The monoisotopic (exact) mass is 227 g/mol. The first-order valence-electron chi connectivity index (χ1n) is 7.07. The lowest BCUT2D eigenvalue weighted by Crippen LogP contribution is -2.41. The second kappa shape index (κ2) is 8.08. The van der Waals surface area contributed by atoms with Crippen molar-refractivity contribution in [1.82, 2.24) is 5.32 Å². The van der Waals surface area contributed by atoms with Crippen LogP contribution in [0, 0.1) is 5.92 Å². The summed E-state index contributed by atoms with van der Waals surface area (Å²) >= 11 is 0. The molecule has 0 aliphatic heterocycles. The molecule has 1 aliphatic carbocycles. The minimum atomic E-state index is 0.484. The van der Waals surface area contributed by atoms with Gasteiger partial charge in [-0.05, 0) is 39.5 Å². The fraction of sp³-hybridized carbons (Fsp3) is 1.00. The summed E-state index contributed by atoms with van der Waals surface area (Å²) in [6.07, 6.45) is 8.56. The molecule has 0 amide bonds. The Morgan fingerprint density at radius 2 is 1.75 bits per heavy atom. The first-order valence-corrected chi connectivity index (χ1v) is 7.07. The van der Waals surface area contributed by atoms with Gasteiger partial charge in [0.25, 0.3) is 0 Å². The van der Waals surface area contributed by atoms with E-state index in [0.29, 0.717) is 12.1 Å². The Morgan fingerprint density at radius 3 is 2.31 bits per heavy atom. The largest absolute Gasteiger partial charge is 0.380 e. The second-order valence-electron chi connectivity index (χ2n) is 5.27. The quantitative estimate of drug-likeness (QED) is 0.703. The van der Waals surface area contributed by atoms with Crippen LogP contribution in [0.25, 0.3) is 0 Å². The first kappa shape index (κ1) is 14.0. The molecule has 1 unspecified atom stereocenters. The summed E-state index contributed by atoms with van der Waals surface area (Å²) in [5.74, 6) is 0.881. The Balaban J connectivity index is 2.23. The Bertz CT molecular complexity index is 164. The van der Waals surface area contributed by atoms with Crippen molar-refractivity contribution in [2.24, 2.45) is 5.92 Å². The van der Waals surface area contributed by atoms with Gasteiger partial charge in [-0.1, -0.05) is 25.7 Å². The molecule has 0 radical (unpaired) electrons. The van der Waals surface area contributed by atoms with Gasteiger partial charge in [0.2, 0.25) is 0 Å². The first-order chi connectivity index (χ1) is 7.74. The highest BCUT2D eigenvalue weighted by Gasteiger charge is 2.19. The summed E-state index contributed by atoms with van der Waals surface area (Å²) in [7, 11) is 0. The molecule has 0 aromatic heterocycles. The van der Waals surface area contributed by atoms with Gasteiger partial charge in [0.1, 0.15) is 0 Å². The Labute approximate surface area is 101 Å². The smallest absolute Gasteiger partial charge is 0.0616 e. The highest BCUT2D eigenvalue weighted by Crippen LogP contribution is 2.25. The van der Waals surface area contributed by atoms with Crippen molar-refractivity contribution in [3.8, 4) is 0 Å². The third-order valence-corrected chi connectivity index (χ3v) is 3.73. The Morgan fingerprint density at radius 1 is 1.12 bits per heavy atom. The van der Waals surface area contributed by atoms with Crippen LogP contribution in [0.1, 0.15) is 59.3 Å². The minimum absolute atomic E-state index is 0.484. The van der Waals surface area contributed by atoms with E-state index >= 15 is 0 Å². The summed E-state index contributed by atoms with van der Waals surface area (Å²) in [5.41, 5.74) is 0. The van der Waals surface area contributed by atoms with E-state index in [-0.39, 0.29) is 0 Å². The molecular weight excluding hydrogens is 198 g/mol. The molecule has 96 valence electrons. The fourth-order valence-electron chi connectivity index (χ4n) is 2.74. The average molecular weight is 227 g/mol. The Hall–Kier alpha value is -0.0800. The highest BCUT2D eigenvalue weighted by atomic mass is 16.5. The SMILES string of the molecule is CCOCC(C)N[C@H](C)C1CCCCCC1. The van der Waals surface area contributed by atoms with E-state index in [9.17, 15) is 0 Å². The van der Waals surface area contributed by atoms with Crippen molar-refractivity contribution in [3.63, 3.8) is 0 Å². The standard InChI is InChI=1S/C14H29NO/c1-4-16-11-12(2)15-13(3)14-9-7-5-6-8-10-14/h12-15H,4-11H2,1-3H3/t12?,13-/m1/s1. The summed E-state index contributed by atoms with van der Waals surface area (Å²) in [6.45, 7) is 8.29. The predicted octanol–water partition coefficient (Wildman–Crippen LogP) is 3.36. The topological polar surface area (TPSA) is 21.3 Å². The van der Waals surface area contributed by atoms with Crippen molar-refractivity contribution < 1.29 is 4.74 Å². The molecule has 1 saturated carbocycles. The predicted molar refractivity (Wildman–Crippen MR) is 69.7 cm³/mol. The van der Waals surface area contributed by atoms with Gasteiger partial charge < -0.3 is 10.1 Å². The fourth-order valence-corrected chi connectivity index (χ4v) is 2.74. The maximum Gasteiger partial charge on any atom is 0.0616 e. The highest BCUT2D eigenvalue weighted by molar-refractivity contribution is 4.77. The molecule has 0 spiro atoms. The molecule has 1 fully saturated rings. The molecule has 2 nitrogen and oxygen atoms in total. The van der Waals surface area contributed by atoms with E-state index in [0.717, 1.165) is 19.1 Å². The summed E-state index contributed by atoms with van der Waals surface area (Å²) in [4.78, 5) is 0. The van der Waals surface area contributed by atoms with Gasteiger partial charge >= 0.3 is 0 Å².